The van der Waals surface area contributed by atoms with Crippen LogP contribution in [0.4, 0.5) is 0 Å². The number of hydrogen-bond acceptors (Lipinski definition) is 5. The number of hydrogen-bond donors (Lipinski definition) is 1. The van der Waals surface area contributed by atoms with E-state index in [0.717, 1.165) is 11.8 Å². The molecule has 108 valence electrons. The molecule has 1 aliphatic rings. The van der Waals surface area contributed by atoms with Crippen LogP contribution in [0.3, 0.4) is 0 Å². The van der Waals surface area contributed by atoms with Crippen molar-refractivity contribution in [3.63, 3.8) is 0 Å². The first-order valence-corrected chi connectivity index (χ1v) is 6.81. The third-order valence-electron chi connectivity index (χ3n) is 3.34. The highest BCUT2D eigenvalue weighted by molar-refractivity contribution is 6.29. The van der Waals surface area contributed by atoms with E-state index >= 15 is 0 Å². The van der Waals surface area contributed by atoms with Gasteiger partial charge in [-0.05, 0) is 17.5 Å². The highest BCUT2D eigenvalue weighted by Gasteiger charge is 2.31. The van der Waals surface area contributed by atoms with E-state index < -0.39 is 4.92 Å². The van der Waals surface area contributed by atoms with Gasteiger partial charge in [-0.1, -0.05) is 31.5 Å². The maximum absolute atomic E-state index is 10.7. The minimum Gasteiger partial charge on any atom is -0.364 e. The molecule has 0 aliphatic carbocycles. The lowest BCUT2D eigenvalue weighted by atomic mass is 10.0. The number of aromatic nitrogens is 1. The van der Waals surface area contributed by atoms with E-state index in [1.807, 2.05) is 11.0 Å². The SMILES string of the molecule is CC(C)[C@@H]1CN/C(=C\[N+](=O)[O-])N1Cc1ccc(Cl)nc1. The van der Waals surface area contributed by atoms with Crippen molar-refractivity contribution >= 4 is 11.6 Å². The summed E-state index contributed by atoms with van der Waals surface area (Å²) in [5.41, 5.74) is 0.970. The van der Waals surface area contributed by atoms with Crippen molar-refractivity contribution in [2.75, 3.05) is 6.54 Å². The van der Waals surface area contributed by atoms with Gasteiger partial charge >= 0.3 is 0 Å². The van der Waals surface area contributed by atoms with E-state index in [2.05, 4.69) is 24.1 Å². The molecule has 1 N–H and O–H groups in total. The Hall–Kier alpha value is -1.82. The Morgan fingerprint density at radius 2 is 2.40 bits per heavy atom. The quantitative estimate of drug-likeness (QED) is 0.524. The molecule has 20 heavy (non-hydrogen) atoms. The zero-order valence-corrected chi connectivity index (χ0v) is 12.2. The molecule has 0 unspecified atom stereocenters. The highest BCUT2D eigenvalue weighted by Crippen LogP contribution is 2.23. The fourth-order valence-electron chi connectivity index (χ4n) is 2.31. The van der Waals surface area contributed by atoms with Crippen LogP contribution in [-0.2, 0) is 6.54 Å². The minimum atomic E-state index is -0.432. The summed E-state index contributed by atoms with van der Waals surface area (Å²) in [5.74, 6) is 0.934. The topological polar surface area (TPSA) is 71.3 Å². The number of nitrogens with one attached hydrogen (secondary N) is 1. The molecule has 0 saturated carbocycles. The van der Waals surface area contributed by atoms with Crippen molar-refractivity contribution in [2.45, 2.75) is 26.4 Å². The molecule has 1 atom stereocenters. The van der Waals surface area contributed by atoms with Crippen LogP contribution in [0.2, 0.25) is 5.15 Å². The first kappa shape index (κ1) is 14.6. The molecule has 0 radical (unpaired) electrons. The summed E-state index contributed by atoms with van der Waals surface area (Å²) < 4.78 is 0. The lowest BCUT2D eigenvalue weighted by Crippen LogP contribution is -2.34. The maximum Gasteiger partial charge on any atom is 0.274 e. The molecular weight excluding hydrogens is 280 g/mol. The number of rotatable bonds is 4. The van der Waals surface area contributed by atoms with Gasteiger partial charge in [-0.25, -0.2) is 4.98 Å². The van der Waals surface area contributed by atoms with Crippen LogP contribution in [0.25, 0.3) is 0 Å². The number of nitro groups is 1. The second-order valence-corrected chi connectivity index (χ2v) is 5.50. The van der Waals surface area contributed by atoms with E-state index in [1.165, 1.54) is 0 Å². The van der Waals surface area contributed by atoms with Gasteiger partial charge in [0, 0.05) is 19.3 Å². The molecule has 0 spiro atoms. The normalized spacial score (nSPS) is 20.5. The van der Waals surface area contributed by atoms with Crippen LogP contribution in [-0.4, -0.2) is 27.4 Å². The molecule has 0 amide bonds. The third-order valence-corrected chi connectivity index (χ3v) is 3.56. The predicted octanol–water partition coefficient (Wildman–Crippen LogP) is 2.24. The second-order valence-electron chi connectivity index (χ2n) is 5.11. The first-order chi connectivity index (χ1) is 9.47. The Kier molecular flexibility index (Phi) is 4.44. The van der Waals surface area contributed by atoms with Gasteiger partial charge in [0.1, 0.15) is 5.15 Å². The summed E-state index contributed by atoms with van der Waals surface area (Å²) in [6.45, 7) is 5.49. The van der Waals surface area contributed by atoms with E-state index in [4.69, 9.17) is 11.6 Å². The van der Waals surface area contributed by atoms with E-state index in [-0.39, 0.29) is 6.04 Å². The molecule has 1 aromatic rings. The minimum absolute atomic E-state index is 0.219. The van der Waals surface area contributed by atoms with Crippen molar-refractivity contribution in [3.05, 3.63) is 51.2 Å². The molecule has 1 fully saturated rings. The van der Waals surface area contributed by atoms with Gasteiger partial charge in [-0.2, -0.15) is 0 Å². The fraction of sp³-hybridized carbons (Fsp3) is 0.462. The summed E-state index contributed by atoms with van der Waals surface area (Å²) in [6.07, 6.45) is 2.72. The summed E-state index contributed by atoms with van der Waals surface area (Å²) in [4.78, 5) is 16.3. The molecule has 1 aromatic heterocycles. The standard InChI is InChI=1S/C13H17ClN4O2/c1-9(2)11-6-16-13(8-18(19)20)17(11)7-10-3-4-12(14)15-5-10/h3-5,8-9,11,16H,6-7H2,1-2H3/b13-8+/t11-/m0/s1. The summed E-state index contributed by atoms with van der Waals surface area (Å²) in [7, 11) is 0. The second kappa shape index (κ2) is 6.09. The van der Waals surface area contributed by atoms with Crippen LogP contribution in [0.15, 0.2) is 30.4 Å². The summed E-state index contributed by atoms with van der Waals surface area (Å²) in [5, 5.41) is 14.2. The van der Waals surface area contributed by atoms with Crippen molar-refractivity contribution in [1.82, 2.24) is 15.2 Å². The lowest BCUT2D eigenvalue weighted by Gasteiger charge is -2.27. The molecule has 2 heterocycles. The van der Waals surface area contributed by atoms with Crippen molar-refractivity contribution in [1.29, 1.82) is 0 Å². The molecule has 7 heteroatoms. The van der Waals surface area contributed by atoms with Crippen LogP contribution < -0.4 is 5.32 Å². The van der Waals surface area contributed by atoms with Gasteiger partial charge in [0.05, 0.1) is 11.0 Å². The fourth-order valence-corrected chi connectivity index (χ4v) is 2.43. The highest BCUT2D eigenvalue weighted by atomic mass is 35.5. The van der Waals surface area contributed by atoms with Crippen molar-refractivity contribution in [3.8, 4) is 0 Å². The van der Waals surface area contributed by atoms with E-state index in [1.54, 1.807) is 12.3 Å². The molecule has 1 saturated heterocycles. The Balaban J connectivity index is 2.22. The van der Waals surface area contributed by atoms with E-state index in [0.29, 0.717) is 30.0 Å². The average molecular weight is 297 g/mol. The van der Waals surface area contributed by atoms with Gasteiger partial charge in [0.25, 0.3) is 6.20 Å². The summed E-state index contributed by atoms with van der Waals surface area (Å²) in [6, 6.07) is 3.83. The Labute approximate surface area is 122 Å². The zero-order chi connectivity index (χ0) is 14.7. The number of nitrogens with zero attached hydrogens (tertiary/aromatic N) is 3. The zero-order valence-electron chi connectivity index (χ0n) is 11.4. The molecule has 2 rings (SSSR count). The molecule has 1 aliphatic heterocycles. The van der Waals surface area contributed by atoms with Crippen LogP contribution >= 0.6 is 11.6 Å². The largest absolute Gasteiger partial charge is 0.364 e. The van der Waals surface area contributed by atoms with E-state index in [9.17, 15) is 10.1 Å². The molecule has 0 bridgehead atoms. The van der Waals surface area contributed by atoms with Crippen LogP contribution in [0, 0.1) is 16.0 Å². The van der Waals surface area contributed by atoms with Gasteiger partial charge < -0.3 is 10.2 Å². The van der Waals surface area contributed by atoms with Gasteiger partial charge in [-0.15, -0.1) is 0 Å². The van der Waals surface area contributed by atoms with Crippen LogP contribution in [0.1, 0.15) is 19.4 Å². The summed E-state index contributed by atoms with van der Waals surface area (Å²) >= 11 is 5.77. The Morgan fingerprint density at radius 1 is 1.65 bits per heavy atom. The molecular formula is C13H17ClN4O2. The van der Waals surface area contributed by atoms with Gasteiger partial charge in [0.15, 0.2) is 5.82 Å². The smallest absolute Gasteiger partial charge is 0.274 e. The Morgan fingerprint density at radius 3 is 2.95 bits per heavy atom. The van der Waals surface area contributed by atoms with Gasteiger partial charge in [-0.3, -0.25) is 10.1 Å². The average Bonchev–Trinajstić information content (AvgIpc) is 2.74. The number of pyridine rings is 1. The molecule has 0 aromatic carbocycles. The molecule has 6 nitrogen and oxygen atoms in total. The van der Waals surface area contributed by atoms with Crippen molar-refractivity contribution < 1.29 is 4.92 Å². The lowest BCUT2D eigenvalue weighted by molar-refractivity contribution is -0.404. The monoisotopic (exact) mass is 296 g/mol. The maximum atomic E-state index is 10.7. The Bertz CT molecular complexity index is 516. The predicted molar refractivity (Wildman–Crippen MR) is 76.5 cm³/mol. The van der Waals surface area contributed by atoms with Crippen molar-refractivity contribution in [2.24, 2.45) is 5.92 Å². The third kappa shape index (κ3) is 3.39. The number of halogens is 1. The van der Waals surface area contributed by atoms with Crippen LogP contribution in [0.5, 0.6) is 0 Å². The first-order valence-electron chi connectivity index (χ1n) is 6.43. The van der Waals surface area contributed by atoms with Gasteiger partial charge in [0.2, 0.25) is 0 Å².